The molecule has 1 heterocycles. The SMILES string of the molecule is CC1(C)C(O)c2ccccc2C1n1cncc1CO. The minimum atomic E-state index is -0.511. The lowest BCUT2D eigenvalue weighted by atomic mass is 9.83. The number of aliphatic hydroxyl groups excluding tert-OH is 2. The number of rotatable bonds is 2. The van der Waals surface area contributed by atoms with Gasteiger partial charge < -0.3 is 14.8 Å². The molecule has 1 aliphatic rings. The van der Waals surface area contributed by atoms with E-state index in [1.54, 1.807) is 12.5 Å². The summed E-state index contributed by atoms with van der Waals surface area (Å²) >= 11 is 0. The van der Waals surface area contributed by atoms with Gasteiger partial charge in [-0.05, 0) is 11.1 Å². The summed E-state index contributed by atoms with van der Waals surface area (Å²) in [6.45, 7) is 4.04. The molecule has 1 aliphatic carbocycles. The van der Waals surface area contributed by atoms with Gasteiger partial charge in [0.25, 0.3) is 0 Å². The van der Waals surface area contributed by atoms with Crippen LogP contribution >= 0.6 is 0 Å². The quantitative estimate of drug-likeness (QED) is 0.866. The fraction of sp³-hybridized carbons (Fsp3) is 0.400. The van der Waals surface area contributed by atoms with Crippen molar-refractivity contribution >= 4 is 0 Å². The van der Waals surface area contributed by atoms with E-state index in [4.69, 9.17) is 0 Å². The normalized spacial score (nSPS) is 24.4. The smallest absolute Gasteiger partial charge is 0.0954 e. The molecule has 0 bridgehead atoms. The molecule has 1 aromatic heterocycles. The highest BCUT2D eigenvalue weighted by Crippen LogP contribution is 2.54. The molecule has 100 valence electrons. The Bertz CT molecular complexity index is 604. The van der Waals surface area contributed by atoms with Gasteiger partial charge in [0.2, 0.25) is 0 Å². The van der Waals surface area contributed by atoms with Crippen molar-refractivity contribution in [1.82, 2.24) is 9.55 Å². The summed E-state index contributed by atoms with van der Waals surface area (Å²) in [4.78, 5) is 4.12. The van der Waals surface area contributed by atoms with Gasteiger partial charge in [-0.25, -0.2) is 4.98 Å². The van der Waals surface area contributed by atoms with Crippen molar-refractivity contribution in [2.75, 3.05) is 0 Å². The van der Waals surface area contributed by atoms with Crippen LogP contribution in [0.2, 0.25) is 0 Å². The van der Waals surface area contributed by atoms with Crippen LogP contribution in [0.15, 0.2) is 36.8 Å². The highest BCUT2D eigenvalue weighted by molar-refractivity contribution is 5.41. The lowest BCUT2D eigenvalue weighted by molar-refractivity contribution is 0.0405. The van der Waals surface area contributed by atoms with Gasteiger partial charge in [-0.1, -0.05) is 38.1 Å². The van der Waals surface area contributed by atoms with Crippen molar-refractivity contribution in [2.45, 2.75) is 32.6 Å². The van der Waals surface area contributed by atoms with E-state index in [9.17, 15) is 10.2 Å². The van der Waals surface area contributed by atoms with Crippen molar-refractivity contribution in [2.24, 2.45) is 5.41 Å². The van der Waals surface area contributed by atoms with Crippen LogP contribution in [0.5, 0.6) is 0 Å². The molecule has 0 amide bonds. The number of imidazole rings is 1. The number of hydrogen-bond donors (Lipinski definition) is 2. The lowest BCUT2D eigenvalue weighted by Crippen LogP contribution is -2.28. The highest BCUT2D eigenvalue weighted by atomic mass is 16.3. The van der Waals surface area contributed by atoms with Crippen molar-refractivity contribution in [3.8, 4) is 0 Å². The van der Waals surface area contributed by atoms with Gasteiger partial charge in [-0.15, -0.1) is 0 Å². The molecule has 1 aromatic carbocycles. The third kappa shape index (κ3) is 1.64. The summed E-state index contributed by atoms with van der Waals surface area (Å²) in [5, 5.41) is 20.0. The van der Waals surface area contributed by atoms with E-state index in [0.29, 0.717) is 0 Å². The number of hydrogen-bond acceptors (Lipinski definition) is 3. The summed E-state index contributed by atoms with van der Waals surface area (Å²) in [7, 11) is 0. The van der Waals surface area contributed by atoms with Gasteiger partial charge in [0.1, 0.15) is 0 Å². The maximum Gasteiger partial charge on any atom is 0.0954 e. The monoisotopic (exact) mass is 258 g/mol. The maximum absolute atomic E-state index is 10.5. The van der Waals surface area contributed by atoms with E-state index in [1.165, 1.54) is 0 Å². The molecule has 4 heteroatoms. The number of fused-ring (bicyclic) bond motifs is 1. The lowest BCUT2D eigenvalue weighted by Gasteiger charge is -2.32. The zero-order chi connectivity index (χ0) is 13.6. The molecule has 4 nitrogen and oxygen atoms in total. The first-order valence-corrected chi connectivity index (χ1v) is 6.46. The van der Waals surface area contributed by atoms with E-state index in [-0.39, 0.29) is 18.1 Å². The molecular formula is C15H18N2O2. The first-order chi connectivity index (χ1) is 9.07. The largest absolute Gasteiger partial charge is 0.390 e. The van der Waals surface area contributed by atoms with E-state index >= 15 is 0 Å². The van der Waals surface area contributed by atoms with Crippen LogP contribution in [0.1, 0.15) is 42.8 Å². The summed E-state index contributed by atoms with van der Waals surface area (Å²) in [6, 6.07) is 7.93. The molecule has 0 aliphatic heterocycles. The first-order valence-electron chi connectivity index (χ1n) is 6.46. The first kappa shape index (κ1) is 12.4. The Balaban J connectivity index is 2.20. The van der Waals surface area contributed by atoms with Crippen molar-refractivity contribution in [3.05, 3.63) is 53.6 Å². The van der Waals surface area contributed by atoms with E-state index in [0.717, 1.165) is 16.8 Å². The molecule has 0 fully saturated rings. The molecule has 2 aromatic rings. The van der Waals surface area contributed by atoms with Gasteiger partial charge in [-0.2, -0.15) is 0 Å². The summed E-state index contributed by atoms with van der Waals surface area (Å²) in [5.74, 6) is 0. The van der Waals surface area contributed by atoms with Crippen LogP contribution < -0.4 is 0 Å². The Morgan fingerprint density at radius 3 is 2.63 bits per heavy atom. The van der Waals surface area contributed by atoms with Crippen LogP contribution in [0.4, 0.5) is 0 Å². The summed E-state index contributed by atoms with van der Waals surface area (Å²) in [5.41, 5.74) is 2.50. The van der Waals surface area contributed by atoms with Crippen LogP contribution in [0.3, 0.4) is 0 Å². The number of nitrogens with zero attached hydrogens (tertiary/aromatic N) is 2. The second kappa shape index (κ2) is 4.18. The Morgan fingerprint density at radius 1 is 1.26 bits per heavy atom. The van der Waals surface area contributed by atoms with Crippen molar-refractivity contribution < 1.29 is 10.2 Å². The number of aliphatic hydroxyl groups is 2. The van der Waals surface area contributed by atoms with E-state index in [2.05, 4.69) is 4.98 Å². The Morgan fingerprint density at radius 2 is 1.95 bits per heavy atom. The average Bonchev–Trinajstić information content (AvgIpc) is 2.93. The molecule has 2 unspecified atom stereocenters. The minimum absolute atomic E-state index is 0.0108. The molecular weight excluding hydrogens is 240 g/mol. The Labute approximate surface area is 112 Å². The third-order valence-corrected chi connectivity index (χ3v) is 4.18. The van der Waals surface area contributed by atoms with Crippen LogP contribution in [0, 0.1) is 5.41 Å². The average molecular weight is 258 g/mol. The van der Waals surface area contributed by atoms with E-state index in [1.807, 2.05) is 42.7 Å². The highest BCUT2D eigenvalue weighted by Gasteiger charge is 2.47. The zero-order valence-electron chi connectivity index (χ0n) is 11.1. The second-order valence-corrected chi connectivity index (χ2v) is 5.71. The summed E-state index contributed by atoms with van der Waals surface area (Å²) < 4.78 is 1.97. The Kier molecular flexibility index (Phi) is 2.73. The topological polar surface area (TPSA) is 58.3 Å². The zero-order valence-corrected chi connectivity index (χ0v) is 11.1. The molecule has 19 heavy (non-hydrogen) atoms. The van der Waals surface area contributed by atoms with Crippen molar-refractivity contribution in [1.29, 1.82) is 0 Å². The third-order valence-electron chi connectivity index (χ3n) is 4.18. The van der Waals surface area contributed by atoms with Crippen molar-refractivity contribution in [3.63, 3.8) is 0 Å². The van der Waals surface area contributed by atoms with Gasteiger partial charge in [-0.3, -0.25) is 0 Å². The number of benzene rings is 1. The van der Waals surface area contributed by atoms with Gasteiger partial charge in [0, 0.05) is 5.41 Å². The minimum Gasteiger partial charge on any atom is -0.390 e. The molecule has 2 N–H and O–H groups in total. The molecule has 0 saturated carbocycles. The fourth-order valence-corrected chi connectivity index (χ4v) is 3.16. The molecule has 2 atom stereocenters. The van der Waals surface area contributed by atoms with Crippen LogP contribution in [0.25, 0.3) is 0 Å². The maximum atomic E-state index is 10.5. The standard InChI is InChI=1S/C15H18N2O2/c1-15(2)13(17-9-16-7-10(17)8-18)11-5-3-4-6-12(11)14(15)19/h3-7,9,13-14,18-19H,8H2,1-2H3. The second-order valence-electron chi connectivity index (χ2n) is 5.71. The predicted octanol–water partition coefficient (Wildman–Crippen LogP) is 2.04. The molecule has 0 radical (unpaired) electrons. The van der Waals surface area contributed by atoms with Gasteiger partial charge in [0.15, 0.2) is 0 Å². The van der Waals surface area contributed by atoms with Gasteiger partial charge >= 0.3 is 0 Å². The summed E-state index contributed by atoms with van der Waals surface area (Å²) in [6.07, 6.45) is 2.89. The van der Waals surface area contributed by atoms with Crippen LogP contribution in [-0.4, -0.2) is 19.8 Å². The molecule has 3 rings (SSSR count). The predicted molar refractivity (Wildman–Crippen MR) is 71.5 cm³/mol. The molecule has 0 saturated heterocycles. The van der Waals surface area contributed by atoms with Gasteiger partial charge in [0.05, 0.1) is 37.0 Å². The number of aromatic nitrogens is 2. The fourth-order valence-electron chi connectivity index (χ4n) is 3.16. The van der Waals surface area contributed by atoms with E-state index < -0.39 is 6.10 Å². The van der Waals surface area contributed by atoms with Crippen LogP contribution in [-0.2, 0) is 6.61 Å². The Hall–Kier alpha value is -1.65. The molecule has 0 spiro atoms.